The normalized spacial score (nSPS) is 10.6. The van der Waals surface area contributed by atoms with Crippen LogP contribution in [0.3, 0.4) is 0 Å². The van der Waals surface area contributed by atoms with Gasteiger partial charge in [-0.3, -0.25) is 9.59 Å². The van der Waals surface area contributed by atoms with Gasteiger partial charge in [0.25, 0.3) is 5.91 Å². The third kappa shape index (κ3) is 4.48. The molecule has 2 aromatic rings. The second kappa shape index (κ2) is 8.02. The third-order valence-corrected chi connectivity index (χ3v) is 4.69. The highest BCUT2D eigenvalue weighted by atomic mass is 32.2. The number of aromatic nitrogens is 1. The number of Topliss-reactive ketones (excluding diaryl/α,β-unsaturated/α-hetero) is 1. The molecule has 2 N–H and O–H groups in total. The highest BCUT2D eigenvalue weighted by Crippen LogP contribution is 2.18. The average molecular weight is 330 g/mol. The maximum atomic E-state index is 12.2. The molecule has 2 rings (SSSR count). The number of carbonyl (C=O) groups excluding carboxylic acids is 2. The van der Waals surface area contributed by atoms with Crippen LogP contribution in [0.5, 0.6) is 0 Å². The molecule has 1 aromatic heterocycles. The predicted octanol–water partition coefficient (Wildman–Crippen LogP) is 3.50. The summed E-state index contributed by atoms with van der Waals surface area (Å²) in [6.07, 6.45) is 0. The smallest absolute Gasteiger partial charge is 0.268 e. The van der Waals surface area contributed by atoms with Crippen LogP contribution >= 0.6 is 11.8 Å². The van der Waals surface area contributed by atoms with E-state index >= 15 is 0 Å². The molecular formula is C18H22N2O2S. The summed E-state index contributed by atoms with van der Waals surface area (Å²) in [5.41, 5.74) is 3.86. The van der Waals surface area contributed by atoms with E-state index in [0.717, 1.165) is 22.8 Å². The molecule has 0 bridgehead atoms. The van der Waals surface area contributed by atoms with Crippen molar-refractivity contribution in [1.82, 2.24) is 10.3 Å². The van der Waals surface area contributed by atoms with Crippen molar-refractivity contribution >= 4 is 23.5 Å². The lowest BCUT2D eigenvalue weighted by Gasteiger charge is -2.05. The fourth-order valence-corrected chi connectivity index (χ4v) is 3.41. The average Bonchev–Trinajstić information content (AvgIpc) is 2.82. The van der Waals surface area contributed by atoms with Crippen molar-refractivity contribution in [3.63, 3.8) is 0 Å². The van der Waals surface area contributed by atoms with E-state index in [-0.39, 0.29) is 11.7 Å². The van der Waals surface area contributed by atoms with Crippen LogP contribution in [0.4, 0.5) is 0 Å². The number of rotatable bonds is 7. The Morgan fingerprint density at radius 3 is 2.48 bits per heavy atom. The van der Waals surface area contributed by atoms with Crippen LogP contribution in [0, 0.1) is 13.8 Å². The monoisotopic (exact) mass is 330 g/mol. The van der Waals surface area contributed by atoms with Gasteiger partial charge in [-0.15, -0.1) is 0 Å². The SMILES string of the molecule is CC(=O)c1c(C)[nH]c(C(=O)NCCSCc2ccccc2)c1C. The Balaban J connectivity index is 1.81. The number of H-pyrrole nitrogens is 1. The van der Waals surface area contributed by atoms with Gasteiger partial charge >= 0.3 is 0 Å². The standard InChI is InChI=1S/C18H22N2O2S/c1-12-16(14(3)21)13(2)20-17(12)18(22)19-9-10-23-11-15-7-5-4-6-8-15/h4-8,20H,9-11H2,1-3H3,(H,19,22). The highest BCUT2D eigenvalue weighted by molar-refractivity contribution is 7.98. The van der Waals surface area contributed by atoms with Gasteiger partial charge in [0.1, 0.15) is 5.69 Å². The van der Waals surface area contributed by atoms with Crippen molar-refractivity contribution in [1.29, 1.82) is 0 Å². The molecule has 0 aliphatic rings. The number of ketones is 1. The van der Waals surface area contributed by atoms with Gasteiger partial charge < -0.3 is 10.3 Å². The maximum absolute atomic E-state index is 12.2. The summed E-state index contributed by atoms with van der Waals surface area (Å²) in [5.74, 6) is 1.61. The Morgan fingerprint density at radius 2 is 1.87 bits per heavy atom. The van der Waals surface area contributed by atoms with Crippen LogP contribution < -0.4 is 5.32 Å². The number of thioether (sulfide) groups is 1. The Bertz CT molecular complexity index is 693. The summed E-state index contributed by atoms with van der Waals surface area (Å²) in [6, 6.07) is 10.3. The molecule has 5 heteroatoms. The molecule has 1 aromatic carbocycles. The van der Waals surface area contributed by atoms with Crippen LogP contribution in [0.15, 0.2) is 30.3 Å². The Hall–Kier alpha value is -2.01. The van der Waals surface area contributed by atoms with Gasteiger partial charge in [0.05, 0.1) is 0 Å². The van der Waals surface area contributed by atoms with Gasteiger partial charge in [0.2, 0.25) is 0 Å². The summed E-state index contributed by atoms with van der Waals surface area (Å²) in [4.78, 5) is 26.8. The molecule has 0 saturated carbocycles. The van der Waals surface area contributed by atoms with E-state index in [0.29, 0.717) is 17.8 Å². The quantitative estimate of drug-likeness (QED) is 0.603. The van der Waals surface area contributed by atoms with E-state index < -0.39 is 0 Å². The van der Waals surface area contributed by atoms with E-state index in [1.54, 1.807) is 18.7 Å². The number of amides is 1. The molecule has 122 valence electrons. The minimum atomic E-state index is -0.154. The summed E-state index contributed by atoms with van der Waals surface area (Å²) >= 11 is 1.78. The second-order valence-electron chi connectivity index (χ2n) is 5.48. The molecule has 0 spiro atoms. The first-order valence-electron chi connectivity index (χ1n) is 7.60. The number of aromatic amines is 1. The van der Waals surface area contributed by atoms with Crippen molar-refractivity contribution in [2.45, 2.75) is 26.5 Å². The molecule has 4 nitrogen and oxygen atoms in total. The van der Waals surface area contributed by atoms with Crippen LogP contribution in [-0.2, 0) is 5.75 Å². The molecule has 1 amide bonds. The number of aryl methyl sites for hydroxylation is 1. The van der Waals surface area contributed by atoms with Crippen LogP contribution in [0.1, 0.15) is 44.6 Å². The first-order valence-corrected chi connectivity index (χ1v) is 8.76. The van der Waals surface area contributed by atoms with Gasteiger partial charge in [0, 0.05) is 29.3 Å². The third-order valence-electron chi connectivity index (χ3n) is 3.66. The first-order chi connectivity index (χ1) is 11.0. The fraction of sp³-hybridized carbons (Fsp3) is 0.333. The highest BCUT2D eigenvalue weighted by Gasteiger charge is 2.19. The lowest BCUT2D eigenvalue weighted by atomic mass is 10.1. The zero-order valence-electron chi connectivity index (χ0n) is 13.7. The van der Waals surface area contributed by atoms with Gasteiger partial charge in [-0.25, -0.2) is 0 Å². The minimum Gasteiger partial charge on any atom is -0.354 e. The van der Waals surface area contributed by atoms with Gasteiger partial charge in [-0.05, 0) is 31.9 Å². The van der Waals surface area contributed by atoms with Crippen LogP contribution in [-0.4, -0.2) is 29.0 Å². The lowest BCUT2D eigenvalue weighted by molar-refractivity contribution is 0.0951. The first kappa shape index (κ1) is 17.3. The molecule has 0 aliphatic heterocycles. The summed E-state index contributed by atoms with van der Waals surface area (Å²) in [5, 5.41) is 2.90. The lowest BCUT2D eigenvalue weighted by Crippen LogP contribution is -2.26. The van der Waals surface area contributed by atoms with Crippen molar-refractivity contribution in [3.05, 3.63) is 58.4 Å². The second-order valence-corrected chi connectivity index (χ2v) is 6.58. The molecule has 23 heavy (non-hydrogen) atoms. The van der Waals surface area contributed by atoms with E-state index in [1.807, 2.05) is 25.1 Å². The van der Waals surface area contributed by atoms with Crippen molar-refractivity contribution in [2.75, 3.05) is 12.3 Å². The molecule has 0 aliphatic carbocycles. The predicted molar refractivity (Wildman–Crippen MR) is 95.2 cm³/mol. The summed E-state index contributed by atoms with van der Waals surface area (Å²) in [7, 11) is 0. The van der Waals surface area contributed by atoms with Crippen molar-refractivity contribution in [3.8, 4) is 0 Å². The Morgan fingerprint density at radius 1 is 1.17 bits per heavy atom. The number of carbonyl (C=O) groups is 2. The Kier molecular flexibility index (Phi) is 6.04. The zero-order chi connectivity index (χ0) is 16.8. The van der Waals surface area contributed by atoms with Crippen LogP contribution in [0.25, 0.3) is 0 Å². The van der Waals surface area contributed by atoms with Crippen LogP contribution in [0.2, 0.25) is 0 Å². The van der Waals surface area contributed by atoms with E-state index in [4.69, 9.17) is 0 Å². The molecule has 0 unspecified atom stereocenters. The molecule has 0 radical (unpaired) electrons. The molecule has 0 saturated heterocycles. The van der Waals surface area contributed by atoms with Crippen molar-refractivity contribution in [2.24, 2.45) is 0 Å². The van der Waals surface area contributed by atoms with Gasteiger partial charge in [-0.1, -0.05) is 30.3 Å². The van der Waals surface area contributed by atoms with E-state index in [2.05, 4.69) is 22.4 Å². The molecular weight excluding hydrogens is 308 g/mol. The molecule has 1 heterocycles. The number of hydrogen-bond acceptors (Lipinski definition) is 3. The van der Waals surface area contributed by atoms with E-state index in [9.17, 15) is 9.59 Å². The fourth-order valence-electron chi connectivity index (χ4n) is 2.59. The topological polar surface area (TPSA) is 62.0 Å². The number of benzene rings is 1. The number of nitrogens with one attached hydrogen (secondary N) is 2. The minimum absolute atomic E-state index is 0.0197. The van der Waals surface area contributed by atoms with Crippen molar-refractivity contribution < 1.29 is 9.59 Å². The molecule has 0 atom stereocenters. The van der Waals surface area contributed by atoms with Gasteiger partial charge in [-0.2, -0.15) is 11.8 Å². The molecule has 0 fully saturated rings. The summed E-state index contributed by atoms with van der Waals surface area (Å²) in [6.45, 7) is 5.74. The summed E-state index contributed by atoms with van der Waals surface area (Å²) < 4.78 is 0. The largest absolute Gasteiger partial charge is 0.354 e. The van der Waals surface area contributed by atoms with E-state index in [1.165, 1.54) is 12.5 Å². The van der Waals surface area contributed by atoms with Gasteiger partial charge in [0.15, 0.2) is 5.78 Å². The number of hydrogen-bond donors (Lipinski definition) is 2. The Labute approximate surface area is 141 Å². The maximum Gasteiger partial charge on any atom is 0.268 e. The zero-order valence-corrected chi connectivity index (χ0v) is 14.5.